The number of halogens is 1. The van der Waals surface area contributed by atoms with Crippen LogP contribution < -0.4 is 0 Å². The van der Waals surface area contributed by atoms with Gasteiger partial charge in [-0.15, -0.1) is 0 Å². The van der Waals surface area contributed by atoms with Crippen molar-refractivity contribution in [3.05, 3.63) is 71.5 Å². The summed E-state index contributed by atoms with van der Waals surface area (Å²) in [5.74, 6) is -2.46. The molecule has 1 heterocycles. The summed E-state index contributed by atoms with van der Waals surface area (Å²) in [4.78, 5) is 25.6. The molecular weight excluding hydrogens is 309 g/mol. The average molecular weight is 327 g/mol. The number of carboxylic acids is 1. The molecule has 1 saturated heterocycles. The topological polar surface area (TPSA) is 57.6 Å². The zero-order chi connectivity index (χ0) is 17.1. The SMILES string of the molecule is O=C(O)C1CN(C(=O)Cc2ccccc2F)CC1c1ccccc1. The van der Waals surface area contributed by atoms with Crippen LogP contribution >= 0.6 is 0 Å². The molecule has 2 aromatic carbocycles. The summed E-state index contributed by atoms with van der Waals surface area (Å²) in [6, 6.07) is 15.5. The smallest absolute Gasteiger partial charge is 0.308 e. The van der Waals surface area contributed by atoms with E-state index in [0.717, 1.165) is 5.56 Å². The lowest BCUT2D eigenvalue weighted by Crippen LogP contribution is -2.31. The molecule has 0 aromatic heterocycles. The zero-order valence-electron chi connectivity index (χ0n) is 13.1. The van der Waals surface area contributed by atoms with Crippen LogP contribution in [0.3, 0.4) is 0 Å². The van der Waals surface area contributed by atoms with Crippen LogP contribution in [-0.2, 0) is 16.0 Å². The van der Waals surface area contributed by atoms with Crippen molar-refractivity contribution in [2.45, 2.75) is 12.3 Å². The van der Waals surface area contributed by atoms with Gasteiger partial charge in [-0.05, 0) is 17.2 Å². The van der Waals surface area contributed by atoms with Crippen LogP contribution in [0, 0.1) is 11.7 Å². The number of amides is 1. The number of carbonyl (C=O) groups excluding carboxylic acids is 1. The van der Waals surface area contributed by atoms with E-state index >= 15 is 0 Å². The minimum atomic E-state index is -0.912. The van der Waals surface area contributed by atoms with E-state index in [-0.39, 0.29) is 24.8 Å². The highest BCUT2D eigenvalue weighted by molar-refractivity contribution is 5.81. The summed E-state index contributed by atoms with van der Waals surface area (Å²) >= 11 is 0. The molecular formula is C19H18FNO3. The first-order valence-electron chi connectivity index (χ1n) is 7.85. The summed E-state index contributed by atoms with van der Waals surface area (Å²) in [6.45, 7) is 0.496. The fourth-order valence-corrected chi connectivity index (χ4v) is 3.21. The molecule has 0 spiro atoms. The first-order valence-corrected chi connectivity index (χ1v) is 7.85. The second-order valence-electron chi connectivity index (χ2n) is 6.03. The number of rotatable bonds is 4. The van der Waals surface area contributed by atoms with E-state index in [9.17, 15) is 19.1 Å². The molecule has 4 nitrogen and oxygen atoms in total. The van der Waals surface area contributed by atoms with E-state index in [2.05, 4.69) is 0 Å². The van der Waals surface area contributed by atoms with Crippen LogP contribution in [0.25, 0.3) is 0 Å². The fourth-order valence-electron chi connectivity index (χ4n) is 3.21. The molecule has 2 atom stereocenters. The van der Waals surface area contributed by atoms with Crippen LogP contribution in [0.2, 0.25) is 0 Å². The first kappa shape index (κ1) is 16.2. The van der Waals surface area contributed by atoms with Crippen LogP contribution in [0.5, 0.6) is 0 Å². The van der Waals surface area contributed by atoms with E-state index in [1.54, 1.807) is 18.2 Å². The van der Waals surface area contributed by atoms with Gasteiger partial charge in [0.1, 0.15) is 5.82 Å². The highest BCUT2D eigenvalue weighted by Crippen LogP contribution is 2.33. The van der Waals surface area contributed by atoms with Crippen molar-refractivity contribution in [3.8, 4) is 0 Å². The van der Waals surface area contributed by atoms with Crippen molar-refractivity contribution < 1.29 is 19.1 Å². The maximum absolute atomic E-state index is 13.7. The Balaban J connectivity index is 1.77. The molecule has 5 heteroatoms. The van der Waals surface area contributed by atoms with Gasteiger partial charge in [0, 0.05) is 19.0 Å². The second kappa shape index (κ2) is 6.83. The minimum absolute atomic E-state index is 0.0550. The lowest BCUT2D eigenvalue weighted by Gasteiger charge is -2.17. The molecule has 2 aromatic rings. The molecule has 0 aliphatic carbocycles. The van der Waals surface area contributed by atoms with Gasteiger partial charge in [0.05, 0.1) is 12.3 Å². The van der Waals surface area contributed by atoms with E-state index < -0.39 is 17.7 Å². The highest BCUT2D eigenvalue weighted by Gasteiger charge is 2.40. The monoisotopic (exact) mass is 327 g/mol. The number of hydrogen-bond acceptors (Lipinski definition) is 2. The quantitative estimate of drug-likeness (QED) is 0.939. The van der Waals surface area contributed by atoms with E-state index in [1.807, 2.05) is 30.3 Å². The molecule has 24 heavy (non-hydrogen) atoms. The van der Waals surface area contributed by atoms with Crippen molar-refractivity contribution in [1.82, 2.24) is 4.90 Å². The van der Waals surface area contributed by atoms with Gasteiger partial charge < -0.3 is 10.0 Å². The number of likely N-dealkylation sites (tertiary alicyclic amines) is 1. The molecule has 3 rings (SSSR count). The minimum Gasteiger partial charge on any atom is -0.481 e. The van der Waals surface area contributed by atoms with Crippen molar-refractivity contribution in [3.63, 3.8) is 0 Å². The number of hydrogen-bond donors (Lipinski definition) is 1. The lowest BCUT2D eigenvalue weighted by molar-refractivity contribution is -0.141. The predicted octanol–water partition coefficient (Wildman–Crippen LogP) is 2.70. The van der Waals surface area contributed by atoms with Gasteiger partial charge in [-0.3, -0.25) is 9.59 Å². The fraction of sp³-hybridized carbons (Fsp3) is 0.263. The molecule has 0 radical (unpaired) electrons. The average Bonchev–Trinajstić information content (AvgIpc) is 3.03. The Morgan fingerprint density at radius 1 is 1.04 bits per heavy atom. The third-order valence-corrected chi connectivity index (χ3v) is 4.52. The molecule has 1 aliphatic rings. The Kier molecular flexibility index (Phi) is 4.60. The zero-order valence-corrected chi connectivity index (χ0v) is 13.1. The third kappa shape index (κ3) is 3.30. The Bertz CT molecular complexity index is 747. The van der Waals surface area contributed by atoms with Crippen molar-refractivity contribution in [2.75, 3.05) is 13.1 Å². The summed E-state index contributed by atoms with van der Waals surface area (Å²) in [6.07, 6.45) is -0.0550. The van der Waals surface area contributed by atoms with Gasteiger partial charge in [-0.25, -0.2) is 4.39 Å². The standard InChI is InChI=1S/C19H18FNO3/c20-17-9-5-4-8-14(17)10-18(22)21-11-15(16(12-21)19(23)24)13-6-2-1-3-7-13/h1-9,15-16H,10-12H2,(H,23,24). The highest BCUT2D eigenvalue weighted by atomic mass is 19.1. The molecule has 1 N–H and O–H groups in total. The summed E-state index contributed by atoms with van der Waals surface area (Å²) in [5, 5.41) is 9.48. The largest absolute Gasteiger partial charge is 0.481 e. The Labute approximate surface area is 139 Å². The van der Waals surface area contributed by atoms with Crippen molar-refractivity contribution in [1.29, 1.82) is 0 Å². The third-order valence-electron chi connectivity index (χ3n) is 4.52. The number of benzene rings is 2. The van der Waals surface area contributed by atoms with Crippen LogP contribution in [0.4, 0.5) is 4.39 Å². The molecule has 1 fully saturated rings. The molecule has 1 amide bonds. The van der Waals surface area contributed by atoms with E-state index in [1.165, 1.54) is 11.0 Å². The number of nitrogens with zero attached hydrogens (tertiary/aromatic N) is 1. The molecule has 0 bridgehead atoms. The predicted molar refractivity (Wildman–Crippen MR) is 87.0 cm³/mol. The second-order valence-corrected chi connectivity index (χ2v) is 6.03. The summed E-state index contributed by atoms with van der Waals surface area (Å²) < 4.78 is 13.7. The number of carboxylic acid groups (broad SMARTS) is 1. The lowest BCUT2D eigenvalue weighted by atomic mass is 9.89. The molecule has 0 saturated carbocycles. The van der Waals surface area contributed by atoms with Crippen molar-refractivity contribution in [2.24, 2.45) is 5.92 Å². The normalized spacial score (nSPS) is 20.1. The Morgan fingerprint density at radius 2 is 1.71 bits per heavy atom. The van der Waals surface area contributed by atoms with Crippen LogP contribution in [-0.4, -0.2) is 35.0 Å². The molecule has 2 unspecified atom stereocenters. The number of aliphatic carboxylic acids is 1. The van der Waals surface area contributed by atoms with Crippen molar-refractivity contribution >= 4 is 11.9 Å². The maximum Gasteiger partial charge on any atom is 0.308 e. The van der Waals surface area contributed by atoms with Gasteiger partial charge >= 0.3 is 5.97 Å². The number of carbonyl (C=O) groups is 2. The maximum atomic E-state index is 13.7. The molecule has 1 aliphatic heterocycles. The summed E-state index contributed by atoms with van der Waals surface area (Å²) in [7, 11) is 0. The molecule has 124 valence electrons. The summed E-state index contributed by atoms with van der Waals surface area (Å²) in [5.41, 5.74) is 1.24. The van der Waals surface area contributed by atoms with Gasteiger partial charge in [0.25, 0.3) is 0 Å². The van der Waals surface area contributed by atoms with Gasteiger partial charge in [-0.1, -0.05) is 48.5 Å². The van der Waals surface area contributed by atoms with Gasteiger partial charge in [0.2, 0.25) is 5.91 Å². The van der Waals surface area contributed by atoms with Crippen LogP contribution in [0.1, 0.15) is 17.0 Å². The Morgan fingerprint density at radius 3 is 2.38 bits per heavy atom. The van der Waals surface area contributed by atoms with Gasteiger partial charge in [0.15, 0.2) is 0 Å². The van der Waals surface area contributed by atoms with E-state index in [0.29, 0.717) is 12.1 Å². The Hall–Kier alpha value is -2.69. The van der Waals surface area contributed by atoms with E-state index in [4.69, 9.17) is 0 Å². The van der Waals surface area contributed by atoms with Crippen LogP contribution in [0.15, 0.2) is 54.6 Å². The first-order chi connectivity index (χ1) is 11.6. The van der Waals surface area contributed by atoms with Gasteiger partial charge in [-0.2, -0.15) is 0 Å².